The standard InChI is InChI=1S/C21H23N3S/c1-2-14-24-20(17-9-3-4-10-17)22-23-21(24)25-15-18-12-7-11-16-8-5-6-13-19(16)18/h2,5-8,11-13,17H,1,3-4,9-10,14-15H2. The van der Waals surface area contributed by atoms with Gasteiger partial charge in [0.15, 0.2) is 5.16 Å². The summed E-state index contributed by atoms with van der Waals surface area (Å²) in [5, 5.41) is 12.7. The molecule has 0 amide bonds. The fourth-order valence-electron chi connectivity index (χ4n) is 3.75. The molecule has 0 unspecified atom stereocenters. The molecule has 0 N–H and O–H groups in total. The van der Waals surface area contributed by atoms with E-state index in [-0.39, 0.29) is 0 Å². The molecule has 25 heavy (non-hydrogen) atoms. The van der Waals surface area contributed by atoms with E-state index >= 15 is 0 Å². The molecular weight excluding hydrogens is 326 g/mol. The highest BCUT2D eigenvalue weighted by Gasteiger charge is 2.24. The quantitative estimate of drug-likeness (QED) is 0.431. The first-order chi connectivity index (χ1) is 12.4. The SMILES string of the molecule is C=CCn1c(SCc2cccc3ccccc23)nnc1C1CCCC1. The predicted molar refractivity (Wildman–Crippen MR) is 105 cm³/mol. The van der Waals surface area contributed by atoms with Crippen molar-refractivity contribution in [2.45, 2.75) is 49.1 Å². The summed E-state index contributed by atoms with van der Waals surface area (Å²) in [6.07, 6.45) is 7.05. The molecule has 128 valence electrons. The summed E-state index contributed by atoms with van der Waals surface area (Å²) < 4.78 is 2.26. The molecule has 3 aromatic rings. The van der Waals surface area contributed by atoms with Crippen LogP contribution in [0.4, 0.5) is 0 Å². The molecule has 0 atom stereocenters. The third kappa shape index (κ3) is 3.36. The van der Waals surface area contributed by atoms with Gasteiger partial charge >= 0.3 is 0 Å². The van der Waals surface area contributed by atoms with E-state index in [0.717, 1.165) is 23.3 Å². The van der Waals surface area contributed by atoms with E-state index in [2.05, 4.69) is 63.8 Å². The highest BCUT2D eigenvalue weighted by Crippen LogP contribution is 2.35. The van der Waals surface area contributed by atoms with Crippen molar-refractivity contribution in [1.82, 2.24) is 14.8 Å². The second kappa shape index (κ2) is 7.44. The fraction of sp³-hybridized carbons (Fsp3) is 0.333. The molecular formula is C21H23N3S. The molecule has 1 aromatic heterocycles. The Bertz CT molecular complexity index is 872. The zero-order chi connectivity index (χ0) is 17.1. The van der Waals surface area contributed by atoms with E-state index in [9.17, 15) is 0 Å². The predicted octanol–water partition coefficient (Wildman–Crippen LogP) is 5.57. The number of allylic oxidation sites excluding steroid dienone is 1. The Morgan fingerprint density at radius 1 is 1.08 bits per heavy atom. The van der Waals surface area contributed by atoms with Crippen molar-refractivity contribution in [3.63, 3.8) is 0 Å². The number of aromatic nitrogens is 3. The van der Waals surface area contributed by atoms with Crippen molar-refractivity contribution < 1.29 is 0 Å². The second-order valence-electron chi connectivity index (χ2n) is 6.65. The molecule has 1 aliphatic rings. The fourth-order valence-corrected chi connectivity index (χ4v) is 4.71. The lowest BCUT2D eigenvalue weighted by molar-refractivity contribution is 0.594. The highest BCUT2D eigenvalue weighted by atomic mass is 32.2. The molecule has 1 saturated carbocycles. The highest BCUT2D eigenvalue weighted by molar-refractivity contribution is 7.98. The summed E-state index contributed by atoms with van der Waals surface area (Å²) >= 11 is 1.78. The van der Waals surface area contributed by atoms with Crippen molar-refractivity contribution in [1.29, 1.82) is 0 Å². The molecule has 0 saturated heterocycles. The Labute approximate surface area is 153 Å². The molecule has 4 heteroatoms. The Morgan fingerprint density at radius 3 is 2.72 bits per heavy atom. The van der Waals surface area contributed by atoms with Crippen molar-refractivity contribution in [2.24, 2.45) is 0 Å². The third-order valence-corrected chi connectivity index (χ3v) is 6.03. The van der Waals surface area contributed by atoms with Crippen LogP contribution in [0.25, 0.3) is 10.8 Å². The summed E-state index contributed by atoms with van der Waals surface area (Å²) in [7, 11) is 0. The maximum absolute atomic E-state index is 4.54. The number of fused-ring (bicyclic) bond motifs is 1. The normalized spacial score (nSPS) is 15.0. The molecule has 0 spiro atoms. The maximum Gasteiger partial charge on any atom is 0.191 e. The second-order valence-corrected chi connectivity index (χ2v) is 7.59. The minimum Gasteiger partial charge on any atom is -0.302 e. The van der Waals surface area contributed by atoms with E-state index in [1.165, 1.54) is 42.0 Å². The Morgan fingerprint density at radius 2 is 1.88 bits per heavy atom. The van der Waals surface area contributed by atoms with Crippen LogP contribution in [0.2, 0.25) is 0 Å². The van der Waals surface area contributed by atoms with Crippen LogP contribution in [0.15, 0.2) is 60.3 Å². The van der Waals surface area contributed by atoms with Gasteiger partial charge in [-0.3, -0.25) is 0 Å². The van der Waals surface area contributed by atoms with E-state index in [1.807, 2.05) is 6.08 Å². The van der Waals surface area contributed by atoms with Crippen LogP contribution < -0.4 is 0 Å². The molecule has 1 aliphatic carbocycles. The monoisotopic (exact) mass is 349 g/mol. The summed E-state index contributed by atoms with van der Waals surface area (Å²) in [5.74, 6) is 2.62. The van der Waals surface area contributed by atoms with Gasteiger partial charge in [-0.05, 0) is 29.2 Å². The van der Waals surface area contributed by atoms with E-state index in [1.54, 1.807) is 11.8 Å². The molecule has 0 aliphatic heterocycles. The van der Waals surface area contributed by atoms with E-state index < -0.39 is 0 Å². The van der Waals surface area contributed by atoms with Crippen LogP contribution in [-0.2, 0) is 12.3 Å². The number of hydrogen-bond donors (Lipinski definition) is 0. The van der Waals surface area contributed by atoms with Gasteiger partial charge in [0.05, 0.1) is 0 Å². The van der Waals surface area contributed by atoms with Crippen LogP contribution in [0.3, 0.4) is 0 Å². The first kappa shape index (κ1) is 16.4. The summed E-state index contributed by atoms with van der Waals surface area (Å²) in [5.41, 5.74) is 1.35. The molecule has 3 nitrogen and oxygen atoms in total. The number of nitrogens with zero attached hydrogens (tertiary/aromatic N) is 3. The maximum atomic E-state index is 4.54. The molecule has 2 aromatic carbocycles. The Balaban J connectivity index is 1.59. The van der Waals surface area contributed by atoms with Crippen molar-refractivity contribution in [2.75, 3.05) is 0 Å². The average molecular weight is 350 g/mol. The number of hydrogen-bond acceptors (Lipinski definition) is 3. The van der Waals surface area contributed by atoms with Gasteiger partial charge in [0.1, 0.15) is 5.82 Å². The van der Waals surface area contributed by atoms with Gasteiger partial charge in [-0.1, -0.05) is 73.1 Å². The molecule has 0 bridgehead atoms. The largest absolute Gasteiger partial charge is 0.302 e. The lowest BCUT2D eigenvalue weighted by Gasteiger charge is -2.12. The van der Waals surface area contributed by atoms with Crippen LogP contribution >= 0.6 is 11.8 Å². The lowest BCUT2D eigenvalue weighted by atomic mass is 10.1. The summed E-state index contributed by atoms with van der Waals surface area (Å²) in [4.78, 5) is 0. The van der Waals surface area contributed by atoms with Crippen LogP contribution in [0, 0.1) is 0 Å². The first-order valence-electron chi connectivity index (χ1n) is 9.00. The van der Waals surface area contributed by atoms with Crippen LogP contribution in [0.5, 0.6) is 0 Å². The van der Waals surface area contributed by atoms with Gasteiger partial charge in [0.2, 0.25) is 0 Å². The summed E-state index contributed by atoms with van der Waals surface area (Å²) in [6, 6.07) is 15.1. The van der Waals surface area contributed by atoms with Crippen molar-refractivity contribution >= 4 is 22.5 Å². The van der Waals surface area contributed by atoms with Gasteiger partial charge in [-0.2, -0.15) is 0 Å². The Kier molecular flexibility index (Phi) is 4.88. The zero-order valence-corrected chi connectivity index (χ0v) is 15.2. The van der Waals surface area contributed by atoms with E-state index in [4.69, 9.17) is 0 Å². The Hall–Kier alpha value is -2.07. The third-order valence-electron chi connectivity index (χ3n) is 5.01. The smallest absolute Gasteiger partial charge is 0.191 e. The lowest BCUT2D eigenvalue weighted by Crippen LogP contribution is -2.07. The molecule has 4 rings (SSSR count). The van der Waals surface area contributed by atoms with Crippen LogP contribution in [0.1, 0.15) is 43.0 Å². The summed E-state index contributed by atoms with van der Waals surface area (Å²) in [6.45, 7) is 4.71. The van der Waals surface area contributed by atoms with Gasteiger partial charge in [0.25, 0.3) is 0 Å². The van der Waals surface area contributed by atoms with E-state index in [0.29, 0.717) is 5.92 Å². The van der Waals surface area contributed by atoms with Gasteiger partial charge in [0, 0.05) is 18.2 Å². The number of thioether (sulfide) groups is 1. The van der Waals surface area contributed by atoms with Gasteiger partial charge < -0.3 is 4.57 Å². The number of benzene rings is 2. The topological polar surface area (TPSA) is 30.7 Å². The zero-order valence-electron chi connectivity index (χ0n) is 14.4. The molecule has 1 fully saturated rings. The average Bonchev–Trinajstić information content (AvgIpc) is 3.30. The number of rotatable bonds is 6. The van der Waals surface area contributed by atoms with Crippen LogP contribution in [-0.4, -0.2) is 14.8 Å². The van der Waals surface area contributed by atoms with Gasteiger partial charge in [-0.15, -0.1) is 16.8 Å². The molecule has 1 heterocycles. The molecule has 0 radical (unpaired) electrons. The van der Waals surface area contributed by atoms with Crippen molar-refractivity contribution in [3.8, 4) is 0 Å². The minimum absolute atomic E-state index is 0.569. The minimum atomic E-state index is 0.569. The van der Waals surface area contributed by atoms with Crippen molar-refractivity contribution in [3.05, 3.63) is 66.5 Å². The van der Waals surface area contributed by atoms with Gasteiger partial charge in [-0.25, -0.2) is 0 Å². The first-order valence-corrected chi connectivity index (χ1v) is 9.99.